The molecule has 1 aromatic rings. The van der Waals surface area contributed by atoms with Crippen molar-refractivity contribution in [1.29, 1.82) is 0 Å². The lowest BCUT2D eigenvalue weighted by Crippen LogP contribution is -2.40. The van der Waals surface area contributed by atoms with Crippen molar-refractivity contribution in [2.45, 2.75) is 44.3 Å². The molecule has 2 rings (SSSR count). The standard InChI is InChI=1S/C15H19F3N2O/c16-15(17,18)11-4-6-13(7-5-11)20-14(21)9-10-2-1-3-12(19)8-10/h1-3,8,11,13H,4-7,9,19H2,(H,20,21). The number of carbonyl (C=O) groups is 1. The average molecular weight is 300 g/mol. The Labute approximate surface area is 121 Å². The van der Waals surface area contributed by atoms with Crippen molar-refractivity contribution in [3.63, 3.8) is 0 Å². The number of benzene rings is 1. The molecule has 0 unspecified atom stereocenters. The largest absolute Gasteiger partial charge is 0.399 e. The molecule has 3 nitrogen and oxygen atoms in total. The van der Waals surface area contributed by atoms with Gasteiger partial charge in [-0.2, -0.15) is 13.2 Å². The SMILES string of the molecule is Nc1cccc(CC(=O)NC2CCC(C(F)(F)F)CC2)c1. The van der Waals surface area contributed by atoms with Crippen LogP contribution in [0.5, 0.6) is 0 Å². The van der Waals surface area contributed by atoms with Gasteiger partial charge in [0.25, 0.3) is 0 Å². The summed E-state index contributed by atoms with van der Waals surface area (Å²) >= 11 is 0. The molecular formula is C15H19F3N2O. The van der Waals surface area contributed by atoms with E-state index in [4.69, 9.17) is 5.73 Å². The minimum Gasteiger partial charge on any atom is -0.399 e. The van der Waals surface area contributed by atoms with Crippen molar-refractivity contribution >= 4 is 11.6 Å². The van der Waals surface area contributed by atoms with Gasteiger partial charge in [-0.15, -0.1) is 0 Å². The highest BCUT2D eigenvalue weighted by molar-refractivity contribution is 5.79. The van der Waals surface area contributed by atoms with Gasteiger partial charge in [-0.05, 0) is 43.4 Å². The molecule has 0 heterocycles. The van der Waals surface area contributed by atoms with Gasteiger partial charge in [0.05, 0.1) is 12.3 Å². The fourth-order valence-electron chi connectivity index (χ4n) is 2.73. The molecule has 1 amide bonds. The van der Waals surface area contributed by atoms with Gasteiger partial charge in [0.15, 0.2) is 0 Å². The molecule has 1 aliphatic rings. The average Bonchev–Trinajstić information content (AvgIpc) is 2.38. The summed E-state index contributed by atoms with van der Waals surface area (Å²) in [5.74, 6) is -1.39. The molecule has 0 radical (unpaired) electrons. The first-order chi connectivity index (χ1) is 9.84. The number of anilines is 1. The smallest absolute Gasteiger partial charge is 0.391 e. The molecule has 1 aromatic carbocycles. The molecule has 0 spiro atoms. The first-order valence-electron chi connectivity index (χ1n) is 7.05. The van der Waals surface area contributed by atoms with E-state index in [1.54, 1.807) is 24.3 Å². The number of rotatable bonds is 3. The molecule has 0 atom stereocenters. The van der Waals surface area contributed by atoms with Crippen molar-refractivity contribution in [3.05, 3.63) is 29.8 Å². The number of halogens is 3. The van der Waals surface area contributed by atoms with E-state index in [2.05, 4.69) is 5.32 Å². The van der Waals surface area contributed by atoms with E-state index >= 15 is 0 Å². The summed E-state index contributed by atoms with van der Waals surface area (Å²) in [4.78, 5) is 11.9. The van der Waals surface area contributed by atoms with E-state index in [-0.39, 0.29) is 31.2 Å². The zero-order chi connectivity index (χ0) is 15.5. The topological polar surface area (TPSA) is 55.1 Å². The van der Waals surface area contributed by atoms with Crippen molar-refractivity contribution in [1.82, 2.24) is 5.32 Å². The number of hydrogen-bond acceptors (Lipinski definition) is 2. The van der Waals surface area contributed by atoms with Crippen molar-refractivity contribution < 1.29 is 18.0 Å². The summed E-state index contributed by atoms with van der Waals surface area (Å²) in [6.45, 7) is 0. The highest BCUT2D eigenvalue weighted by atomic mass is 19.4. The number of nitrogens with two attached hydrogens (primary N) is 1. The molecule has 3 N–H and O–H groups in total. The van der Waals surface area contributed by atoms with E-state index < -0.39 is 12.1 Å². The van der Waals surface area contributed by atoms with Gasteiger partial charge in [-0.3, -0.25) is 4.79 Å². The second-order valence-electron chi connectivity index (χ2n) is 5.58. The van der Waals surface area contributed by atoms with Crippen molar-refractivity contribution in [2.24, 2.45) is 5.92 Å². The maximum atomic E-state index is 12.6. The molecule has 6 heteroatoms. The Hall–Kier alpha value is -1.72. The molecule has 0 aliphatic heterocycles. The molecule has 0 saturated heterocycles. The lowest BCUT2D eigenvalue weighted by Gasteiger charge is -2.30. The third kappa shape index (κ3) is 4.65. The Morgan fingerprint density at radius 1 is 1.24 bits per heavy atom. The lowest BCUT2D eigenvalue weighted by atomic mass is 9.85. The zero-order valence-corrected chi connectivity index (χ0v) is 11.6. The molecule has 1 aliphatic carbocycles. The first-order valence-corrected chi connectivity index (χ1v) is 7.05. The number of alkyl halides is 3. The quantitative estimate of drug-likeness (QED) is 0.843. The number of carbonyl (C=O) groups excluding carboxylic acids is 1. The van der Waals surface area contributed by atoms with Crippen LogP contribution in [-0.2, 0) is 11.2 Å². The highest BCUT2D eigenvalue weighted by Gasteiger charge is 2.41. The maximum Gasteiger partial charge on any atom is 0.391 e. The summed E-state index contributed by atoms with van der Waals surface area (Å²) in [6.07, 6.45) is -2.97. The Kier molecular flexibility index (Phi) is 4.75. The summed E-state index contributed by atoms with van der Waals surface area (Å²) in [5, 5.41) is 2.81. The third-order valence-corrected chi connectivity index (χ3v) is 3.87. The molecular weight excluding hydrogens is 281 g/mol. The van der Waals surface area contributed by atoms with Crippen molar-refractivity contribution in [2.75, 3.05) is 5.73 Å². The van der Waals surface area contributed by atoms with Gasteiger partial charge in [0, 0.05) is 11.7 Å². The van der Waals surface area contributed by atoms with Gasteiger partial charge < -0.3 is 11.1 Å². The van der Waals surface area contributed by atoms with Crippen molar-refractivity contribution in [3.8, 4) is 0 Å². The van der Waals surface area contributed by atoms with Gasteiger partial charge in [0.1, 0.15) is 0 Å². The Morgan fingerprint density at radius 2 is 1.90 bits per heavy atom. The second-order valence-corrected chi connectivity index (χ2v) is 5.58. The van der Waals surface area contributed by atoms with Crippen LogP contribution in [0.3, 0.4) is 0 Å². The normalized spacial score (nSPS) is 22.8. The Balaban J connectivity index is 1.79. The Morgan fingerprint density at radius 3 is 2.48 bits per heavy atom. The van der Waals surface area contributed by atoms with Gasteiger partial charge in [-0.1, -0.05) is 12.1 Å². The number of nitrogens with one attached hydrogen (secondary N) is 1. The van der Waals surface area contributed by atoms with E-state index in [9.17, 15) is 18.0 Å². The van der Waals surface area contributed by atoms with E-state index in [1.165, 1.54) is 0 Å². The third-order valence-electron chi connectivity index (χ3n) is 3.87. The fourth-order valence-corrected chi connectivity index (χ4v) is 2.73. The maximum absolute atomic E-state index is 12.6. The molecule has 1 fully saturated rings. The van der Waals surface area contributed by atoms with E-state index in [0.717, 1.165) is 5.56 Å². The van der Waals surface area contributed by atoms with Crippen LogP contribution in [0, 0.1) is 5.92 Å². The molecule has 0 bridgehead atoms. The minimum atomic E-state index is -4.11. The summed E-state index contributed by atoms with van der Waals surface area (Å²) < 4.78 is 37.7. The van der Waals surface area contributed by atoms with Gasteiger partial charge in [-0.25, -0.2) is 0 Å². The van der Waals surface area contributed by atoms with E-state index in [1.807, 2.05) is 0 Å². The van der Waals surface area contributed by atoms with Gasteiger partial charge >= 0.3 is 6.18 Å². The monoisotopic (exact) mass is 300 g/mol. The number of amides is 1. The van der Waals surface area contributed by atoms with Crippen LogP contribution < -0.4 is 11.1 Å². The Bertz CT molecular complexity index is 494. The lowest BCUT2D eigenvalue weighted by molar-refractivity contribution is -0.182. The van der Waals surface area contributed by atoms with Crippen LogP contribution >= 0.6 is 0 Å². The predicted octanol–water partition coefficient (Wildman–Crippen LogP) is 3.05. The highest BCUT2D eigenvalue weighted by Crippen LogP contribution is 2.37. The van der Waals surface area contributed by atoms with Crippen LogP contribution in [0.1, 0.15) is 31.2 Å². The van der Waals surface area contributed by atoms with Crippen LogP contribution in [-0.4, -0.2) is 18.1 Å². The minimum absolute atomic E-state index is 0.0900. The number of nitrogen functional groups attached to an aromatic ring is 1. The number of hydrogen-bond donors (Lipinski definition) is 2. The fraction of sp³-hybridized carbons (Fsp3) is 0.533. The summed E-state index contributed by atoms with van der Waals surface area (Å²) in [7, 11) is 0. The van der Waals surface area contributed by atoms with Crippen LogP contribution in [0.25, 0.3) is 0 Å². The molecule has 21 heavy (non-hydrogen) atoms. The van der Waals surface area contributed by atoms with Gasteiger partial charge in [0.2, 0.25) is 5.91 Å². The zero-order valence-electron chi connectivity index (χ0n) is 11.6. The molecule has 0 aromatic heterocycles. The summed E-state index contributed by atoms with van der Waals surface area (Å²) in [5.41, 5.74) is 7.03. The summed E-state index contributed by atoms with van der Waals surface area (Å²) in [6, 6.07) is 6.88. The second kappa shape index (κ2) is 6.37. The van der Waals surface area contributed by atoms with Crippen LogP contribution in [0.2, 0.25) is 0 Å². The predicted molar refractivity (Wildman–Crippen MR) is 74.5 cm³/mol. The van der Waals surface area contributed by atoms with Crippen LogP contribution in [0.15, 0.2) is 24.3 Å². The first kappa shape index (κ1) is 15.7. The molecule has 116 valence electrons. The van der Waals surface area contributed by atoms with E-state index in [0.29, 0.717) is 18.5 Å². The molecule has 1 saturated carbocycles. The van der Waals surface area contributed by atoms with Crippen LogP contribution in [0.4, 0.5) is 18.9 Å².